The predicted octanol–water partition coefficient (Wildman–Crippen LogP) is 2.26. The Bertz CT molecular complexity index is 1370. The van der Waals surface area contributed by atoms with Crippen LogP contribution in [0.4, 0.5) is 4.79 Å². The van der Waals surface area contributed by atoms with E-state index in [1.807, 2.05) is 44.2 Å². The normalized spacial score (nSPS) is 25.7. The summed E-state index contributed by atoms with van der Waals surface area (Å²) in [5.74, 6) is 1.42. The molecule has 2 fully saturated rings. The lowest BCUT2D eigenvalue weighted by Gasteiger charge is -2.42. The molecule has 0 spiro atoms. The molecule has 2 bridgehead atoms. The first kappa shape index (κ1) is 30.0. The fourth-order valence-electron chi connectivity index (χ4n) is 6.29. The van der Waals surface area contributed by atoms with Crippen molar-refractivity contribution in [3.8, 4) is 17.2 Å². The number of benzene rings is 2. The fraction of sp³-hybridized carbons (Fsp3) is 0.531. The van der Waals surface area contributed by atoms with E-state index in [0.29, 0.717) is 62.7 Å². The van der Waals surface area contributed by atoms with Gasteiger partial charge in [-0.3, -0.25) is 14.5 Å². The second kappa shape index (κ2) is 13.3. The van der Waals surface area contributed by atoms with E-state index in [0.717, 1.165) is 17.7 Å². The maximum Gasteiger partial charge on any atom is 0.315 e. The molecule has 6 rings (SSSR count). The molecule has 12 heteroatoms. The van der Waals surface area contributed by atoms with E-state index in [9.17, 15) is 14.4 Å². The Kier molecular flexibility index (Phi) is 9.08. The van der Waals surface area contributed by atoms with Gasteiger partial charge in [0, 0.05) is 45.2 Å². The van der Waals surface area contributed by atoms with Crippen LogP contribution in [0, 0.1) is 0 Å². The van der Waals surface area contributed by atoms with Crippen molar-refractivity contribution in [1.82, 2.24) is 25.8 Å². The molecule has 2 aromatic carbocycles. The molecule has 44 heavy (non-hydrogen) atoms. The van der Waals surface area contributed by atoms with Crippen molar-refractivity contribution >= 4 is 17.8 Å². The monoisotopic (exact) mass is 607 g/mol. The van der Waals surface area contributed by atoms with Crippen LogP contribution in [0.5, 0.6) is 17.2 Å². The molecule has 4 atom stereocenters. The van der Waals surface area contributed by atoms with Crippen LogP contribution in [0.3, 0.4) is 0 Å². The lowest BCUT2D eigenvalue weighted by Crippen LogP contribution is -2.62. The van der Waals surface area contributed by atoms with Gasteiger partial charge in [0.2, 0.25) is 12.7 Å². The van der Waals surface area contributed by atoms with E-state index in [-0.39, 0.29) is 49.4 Å². The number of hydrogen-bond donors (Lipinski definition) is 3. The number of nitrogens with one attached hydrogen (secondary N) is 3. The Morgan fingerprint density at radius 3 is 2.70 bits per heavy atom. The number of amides is 4. The van der Waals surface area contributed by atoms with Crippen molar-refractivity contribution in [3.05, 3.63) is 53.6 Å². The molecule has 0 unspecified atom stereocenters. The molecule has 4 aliphatic rings. The molecule has 0 aromatic heterocycles. The number of ether oxygens (including phenoxy) is 4. The van der Waals surface area contributed by atoms with E-state index in [1.54, 1.807) is 17.0 Å². The summed E-state index contributed by atoms with van der Waals surface area (Å²) >= 11 is 0. The summed E-state index contributed by atoms with van der Waals surface area (Å²) < 4.78 is 23.6. The smallest absolute Gasteiger partial charge is 0.315 e. The number of fused-ring (bicyclic) bond motifs is 5. The average Bonchev–Trinajstić information content (AvgIpc) is 3.48. The number of hydrogen-bond acceptors (Lipinski definition) is 8. The van der Waals surface area contributed by atoms with Crippen LogP contribution in [0.2, 0.25) is 0 Å². The average molecular weight is 608 g/mol. The van der Waals surface area contributed by atoms with E-state index in [2.05, 4.69) is 20.9 Å². The summed E-state index contributed by atoms with van der Waals surface area (Å²) in [6.45, 7) is 6.51. The molecule has 4 amide bonds. The van der Waals surface area contributed by atoms with Gasteiger partial charge in [-0.2, -0.15) is 0 Å². The lowest BCUT2D eigenvalue weighted by atomic mass is 9.96. The molecule has 236 valence electrons. The SMILES string of the molecule is CC(C)NC(=O)N[C@@H]1CC[C@H]2CCOc3ccccc3C(=O)N3CCN(Cc4ccc5c(c4)OCO5)C[C@H]3C(=O)NC[C@H]1O2. The zero-order valence-corrected chi connectivity index (χ0v) is 25.3. The quantitative estimate of drug-likeness (QED) is 0.483. The van der Waals surface area contributed by atoms with Crippen LogP contribution in [0.1, 0.15) is 49.0 Å². The zero-order valence-electron chi connectivity index (χ0n) is 25.3. The van der Waals surface area contributed by atoms with Gasteiger partial charge in [-0.05, 0) is 56.5 Å². The van der Waals surface area contributed by atoms with Crippen LogP contribution in [0.25, 0.3) is 0 Å². The van der Waals surface area contributed by atoms with Crippen LogP contribution in [-0.4, -0.2) is 97.6 Å². The second-order valence-corrected chi connectivity index (χ2v) is 12.1. The van der Waals surface area contributed by atoms with Gasteiger partial charge in [0.05, 0.1) is 30.4 Å². The highest BCUT2D eigenvalue weighted by atomic mass is 16.7. The molecule has 0 radical (unpaired) electrons. The summed E-state index contributed by atoms with van der Waals surface area (Å²) in [5, 5.41) is 8.98. The number of piperazine rings is 1. The van der Waals surface area contributed by atoms with Crippen molar-refractivity contribution in [2.75, 3.05) is 39.6 Å². The summed E-state index contributed by atoms with van der Waals surface area (Å²) in [7, 11) is 0. The third-order valence-corrected chi connectivity index (χ3v) is 8.52. The predicted molar refractivity (Wildman–Crippen MR) is 161 cm³/mol. The van der Waals surface area contributed by atoms with E-state index >= 15 is 0 Å². The van der Waals surface area contributed by atoms with Gasteiger partial charge < -0.3 is 39.8 Å². The third kappa shape index (κ3) is 6.86. The Morgan fingerprint density at radius 2 is 1.84 bits per heavy atom. The van der Waals surface area contributed by atoms with Gasteiger partial charge in [0.25, 0.3) is 5.91 Å². The van der Waals surface area contributed by atoms with Gasteiger partial charge in [0.15, 0.2) is 11.5 Å². The molecular formula is C32H41N5O7. The first-order valence-electron chi connectivity index (χ1n) is 15.5. The van der Waals surface area contributed by atoms with Gasteiger partial charge >= 0.3 is 6.03 Å². The minimum atomic E-state index is -0.740. The van der Waals surface area contributed by atoms with Crippen molar-refractivity contribution in [2.24, 2.45) is 0 Å². The maximum absolute atomic E-state index is 14.0. The van der Waals surface area contributed by atoms with Crippen LogP contribution >= 0.6 is 0 Å². The van der Waals surface area contributed by atoms with Crippen LogP contribution in [0.15, 0.2) is 42.5 Å². The van der Waals surface area contributed by atoms with Crippen molar-refractivity contribution < 1.29 is 33.3 Å². The summed E-state index contributed by atoms with van der Waals surface area (Å²) in [6.07, 6.45) is 1.55. The Hall–Kier alpha value is -4.03. The molecule has 2 saturated heterocycles. The van der Waals surface area contributed by atoms with Gasteiger partial charge in [-0.25, -0.2) is 4.79 Å². The van der Waals surface area contributed by atoms with E-state index < -0.39 is 12.1 Å². The molecule has 0 saturated carbocycles. The van der Waals surface area contributed by atoms with Gasteiger partial charge in [-0.1, -0.05) is 18.2 Å². The van der Waals surface area contributed by atoms with Gasteiger partial charge in [0.1, 0.15) is 11.8 Å². The molecular weight excluding hydrogens is 566 g/mol. The molecule has 4 heterocycles. The number of rotatable bonds is 4. The largest absolute Gasteiger partial charge is 0.493 e. The molecule has 2 aromatic rings. The standard InChI is InChI=1S/C32H41N5O7/c1-20(2)34-32(40)35-24-9-8-22-11-14-41-26-6-4-3-5-23(26)31(39)37-13-12-36(18-25(37)30(38)33-16-29(24)44-22)17-21-7-10-27-28(15-21)43-19-42-27/h3-7,10,15,20,22,24-25,29H,8-9,11-14,16-19H2,1-2H3,(H,33,38)(H2,34,35,40)/t22-,24+,25-,29+/m0/s1. The minimum absolute atomic E-state index is 0.00795. The second-order valence-electron chi connectivity index (χ2n) is 12.1. The summed E-state index contributed by atoms with van der Waals surface area (Å²) in [6, 6.07) is 11.8. The van der Waals surface area contributed by atoms with E-state index in [1.165, 1.54) is 0 Å². The Morgan fingerprint density at radius 1 is 1.00 bits per heavy atom. The maximum atomic E-state index is 14.0. The summed E-state index contributed by atoms with van der Waals surface area (Å²) in [5.41, 5.74) is 1.47. The van der Waals surface area contributed by atoms with E-state index in [4.69, 9.17) is 18.9 Å². The molecule has 0 aliphatic carbocycles. The number of nitrogens with zero attached hydrogens (tertiary/aromatic N) is 2. The topological polar surface area (TPSA) is 131 Å². The molecule has 4 aliphatic heterocycles. The van der Waals surface area contributed by atoms with Crippen LogP contribution < -0.4 is 30.2 Å². The highest BCUT2D eigenvalue weighted by Crippen LogP contribution is 2.33. The first-order chi connectivity index (χ1) is 21.3. The number of carbonyl (C=O) groups excluding carboxylic acids is 3. The molecule has 12 nitrogen and oxygen atoms in total. The van der Waals surface area contributed by atoms with Crippen molar-refractivity contribution in [1.29, 1.82) is 0 Å². The Labute approximate surface area is 257 Å². The van der Waals surface area contributed by atoms with Crippen molar-refractivity contribution in [2.45, 2.75) is 70.0 Å². The zero-order chi connectivity index (χ0) is 30.6. The first-order valence-corrected chi connectivity index (χ1v) is 15.5. The van der Waals surface area contributed by atoms with Crippen LogP contribution in [-0.2, 0) is 16.1 Å². The number of carbonyl (C=O) groups is 3. The van der Waals surface area contributed by atoms with Crippen molar-refractivity contribution in [3.63, 3.8) is 0 Å². The highest BCUT2D eigenvalue weighted by Gasteiger charge is 2.39. The lowest BCUT2D eigenvalue weighted by molar-refractivity contribution is -0.130. The Balaban J connectivity index is 1.23. The number of urea groups is 1. The number of para-hydroxylation sites is 1. The van der Waals surface area contributed by atoms with Gasteiger partial charge in [-0.15, -0.1) is 0 Å². The fourth-order valence-corrected chi connectivity index (χ4v) is 6.29. The summed E-state index contributed by atoms with van der Waals surface area (Å²) in [4.78, 5) is 44.3. The minimum Gasteiger partial charge on any atom is -0.493 e. The highest BCUT2D eigenvalue weighted by molar-refractivity contribution is 6.00. The third-order valence-electron chi connectivity index (χ3n) is 8.52. The molecule has 3 N–H and O–H groups in total.